The molecule has 0 radical (unpaired) electrons. The van der Waals surface area contributed by atoms with Gasteiger partial charge in [-0.05, 0) is 30.3 Å². The maximum absolute atomic E-state index is 12.7. The number of sulfonamides is 1. The molecule has 0 aliphatic rings. The minimum atomic E-state index is -3.87. The summed E-state index contributed by atoms with van der Waals surface area (Å²) in [6.45, 7) is 0. The molecule has 4 N–H and O–H groups in total. The molecular weight excluding hydrogens is 271 g/mol. The Bertz CT molecular complexity index is 699. The van der Waals surface area contributed by atoms with Crippen LogP contribution >= 0.6 is 0 Å². The van der Waals surface area contributed by atoms with Crippen molar-refractivity contribution in [1.29, 1.82) is 0 Å². The first-order valence-electron chi connectivity index (χ1n) is 5.21. The molecule has 0 fully saturated rings. The summed E-state index contributed by atoms with van der Waals surface area (Å²) in [5.74, 6) is 0.160. The van der Waals surface area contributed by atoms with Gasteiger partial charge in [-0.3, -0.25) is 0 Å². The molecule has 5 nitrogen and oxygen atoms in total. The molecule has 0 aliphatic heterocycles. The topological polar surface area (TPSA) is 95.4 Å². The Hall–Kier alpha value is -2.12. The average molecular weight is 282 g/mol. The van der Waals surface area contributed by atoms with Gasteiger partial charge in [0.2, 0.25) is 10.0 Å². The summed E-state index contributed by atoms with van der Waals surface area (Å²) < 4.78 is 40.6. The molecule has 2 aromatic rings. The van der Waals surface area contributed by atoms with E-state index in [1.165, 1.54) is 42.5 Å². The lowest BCUT2D eigenvalue weighted by atomic mass is 10.3. The number of nitrogen functional groups attached to an aromatic ring is 1. The number of ether oxygens (including phenoxy) is 1. The molecule has 0 heterocycles. The Morgan fingerprint density at radius 3 is 2.21 bits per heavy atom. The van der Waals surface area contributed by atoms with Gasteiger partial charge in [-0.1, -0.05) is 0 Å². The van der Waals surface area contributed by atoms with Crippen molar-refractivity contribution in [3.05, 3.63) is 48.3 Å². The quantitative estimate of drug-likeness (QED) is 0.840. The van der Waals surface area contributed by atoms with Crippen LogP contribution in [0.5, 0.6) is 11.5 Å². The van der Waals surface area contributed by atoms with Crippen LogP contribution in [0, 0.1) is 5.82 Å². The fraction of sp³-hybridized carbons (Fsp3) is 0. The molecule has 0 saturated carbocycles. The SMILES string of the molecule is Nc1cc(Oc2ccc(F)cc2)cc(S(N)(=O)=O)c1. The summed E-state index contributed by atoms with van der Waals surface area (Å²) in [5.41, 5.74) is 5.77. The predicted octanol–water partition coefficient (Wildman–Crippen LogP) is 1.85. The average Bonchev–Trinajstić information content (AvgIpc) is 2.30. The normalized spacial score (nSPS) is 11.3. The number of anilines is 1. The molecule has 0 spiro atoms. The third-order valence-electron chi connectivity index (χ3n) is 2.28. The van der Waals surface area contributed by atoms with Crippen molar-refractivity contribution in [2.75, 3.05) is 5.73 Å². The minimum Gasteiger partial charge on any atom is -0.457 e. The maximum Gasteiger partial charge on any atom is 0.238 e. The number of halogens is 1. The van der Waals surface area contributed by atoms with E-state index in [9.17, 15) is 12.8 Å². The van der Waals surface area contributed by atoms with Gasteiger partial charge in [0.05, 0.1) is 4.90 Å². The number of nitrogens with two attached hydrogens (primary N) is 2. The van der Waals surface area contributed by atoms with Crippen molar-refractivity contribution in [1.82, 2.24) is 0 Å². The second-order valence-corrected chi connectivity index (χ2v) is 5.40. The van der Waals surface area contributed by atoms with Crippen LogP contribution < -0.4 is 15.6 Å². The number of benzene rings is 2. The van der Waals surface area contributed by atoms with Gasteiger partial charge in [0, 0.05) is 17.8 Å². The molecule has 0 bridgehead atoms. The van der Waals surface area contributed by atoms with E-state index in [-0.39, 0.29) is 16.3 Å². The first-order valence-corrected chi connectivity index (χ1v) is 6.76. The standard InChI is InChI=1S/C12H11FN2O3S/c13-8-1-3-10(4-2-8)18-11-5-9(14)6-12(7-11)19(15,16)17/h1-7H,14H2,(H2,15,16,17). The second kappa shape index (κ2) is 4.87. The van der Waals surface area contributed by atoms with E-state index in [1.807, 2.05) is 0 Å². The van der Waals surface area contributed by atoms with Gasteiger partial charge in [-0.15, -0.1) is 0 Å². The largest absolute Gasteiger partial charge is 0.457 e. The summed E-state index contributed by atoms with van der Waals surface area (Å²) in [5, 5.41) is 5.02. The number of rotatable bonds is 3. The van der Waals surface area contributed by atoms with E-state index in [4.69, 9.17) is 15.6 Å². The van der Waals surface area contributed by atoms with Crippen LogP contribution in [0.15, 0.2) is 47.4 Å². The first kappa shape index (κ1) is 13.3. The van der Waals surface area contributed by atoms with Crippen LogP contribution in [0.4, 0.5) is 10.1 Å². The van der Waals surface area contributed by atoms with E-state index in [2.05, 4.69) is 0 Å². The smallest absolute Gasteiger partial charge is 0.238 e. The molecule has 0 amide bonds. The molecule has 2 rings (SSSR count). The highest BCUT2D eigenvalue weighted by molar-refractivity contribution is 7.89. The lowest BCUT2D eigenvalue weighted by molar-refractivity contribution is 0.479. The molecule has 19 heavy (non-hydrogen) atoms. The molecule has 0 aliphatic carbocycles. The van der Waals surface area contributed by atoms with E-state index in [0.717, 1.165) is 0 Å². The first-order chi connectivity index (χ1) is 8.84. The van der Waals surface area contributed by atoms with Crippen molar-refractivity contribution < 1.29 is 17.5 Å². The summed E-state index contributed by atoms with van der Waals surface area (Å²) >= 11 is 0. The molecule has 2 aromatic carbocycles. The van der Waals surface area contributed by atoms with Crippen LogP contribution in [0.2, 0.25) is 0 Å². The van der Waals surface area contributed by atoms with Crippen molar-refractivity contribution in [2.24, 2.45) is 5.14 Å². The summed E-state index contributed by atoms with van der Waals surface area (Å²) in [4.78, 5) is -0.149. The molecular formula is C12H11FN2O3S. The molecule has 0 aromatic heterocycles. The van der Waals surface area contributed by atoms with Crippen molar-refractivity contribution >= 4 is 15.7 Å². The Morgan fingerprint density at radius 1 is 1.00 bits per heavy atom. The Kier molecular flexibility index (Phi) is 3.41. The van der Waals surface area contributed by atoms with Crippen LogP contribution in [0.1, 0.15) is 0 Å². The highest BCUT2D eigenvalue weighted by Gasteiger charge is 2.11. The van der Waals surface area contributed by atoms with Gasteiger partial charge in [-0.2, -0.15) is 0 Å². The number of hydrogen-bond acceptors (Lipinski definition) is 4. The van der Waals surface area contributed by atoms with Crippen LogP contribution in [-0.4, -0.2) is 8.42 Å². The monoisotopic (exact) mass is 282 g/mol. The molecule has 0 unspecified atom stereocenters. The van der Waals surface area contributed by atoms with Gasteiger partial charge in [0.15, 0.2) is 0 Å². The zero-order chi connectivity index (χ0) is 14.0. The van der Waals surface area contributed by atoms with Gasteiger partial charge < -0.3 is 10.5 Å². The van der Waals surface area contributed by atoms with Crippen molar-refractivity contribution in [3.63, 3.8) is 0 Å². The molecule has 0 saturated heterocycles. The van der Waals surface area contributed by atoms with Crippen LogP contribution in [0.25, 0.3) is 0 Å². The van der Waals surface area contributed by atoms with Crippen LogP contribution in [0.3, 0.4) is 0 Å². The third-order valence-corrected chi connectivity index (χ3v) is 3.17. The van der Waals surface area contributed by atoms with E-state index in [0.29, 0.717) is 5.75 Å². The van der Waals surface area contributed by atoms with Gasteiger partial charge in [0.25, 0.3) is 0 Å². The van der Waals surface area contributed by atoms with Gasteiger partial charge in [-0.25, -0.2) is 17.9 Å². The van der Waals surface area contributed by atoms with Crippen LogP contribution in [-0.2, 0) is 10.0 Å². The van der Waals surface area contributed by atoms with Crippen molar-refractivity contribution in [3.8, 4) is 11.5 Å². The summed E-state index contributed by atoms with van der Waals surface area (Å²) in [7, 11) is -3.87. The zero-order valence-corrected chi connectivity index (χ0v) is 10.5. The Morgan fingerprint density at radius 2 is 1.63 bits per heavy atom. The second-order valence-electron chi connectivity index (χ2n) is 3.84. The lowest BCUT2D eigenvalue weighted by Gasteiger charge is -2.08. The zero-order valence-electron chi connectivity index (χ0n) is 9.71. The number of primary sulfonamides is 1. The fourth-order valence-electron chi connectivity index (χ4n) is 1.46. The molecule has 0 atom stereocenters. The summed E-state index contributed by atoms with van der Waals surface area (Å²) in [6, 6.07) is 9.19. The van der Waals surface area contributed by atoms with Crippen molar-refractivity contribution in [2.45, 2.75) is 4.90 Å². The molecule has 7 heteroatoms. The van der Waals surface area contributed by atoms with E-state index < -0.39 is 15.8 Å². The Labute approximate surface area is 109 Å². The van der Waals surface area contributed by atoms with Gasteiger partial charge in [0.1, 0.15) is 17.3 Å². The van der Waals surface area contributed by atoms with E-state index >= 15 is 0 Å². The third kappa shape index (κ3) is 3.43. The summed E-state index contributed by atoms with van der Waals surface area (Å²) in [6.07, 6.45) is 0. The number of hydrogen-bond donors (Lipinski definition) is 2. The minimum absolute atomic E-state index is 0.149. The maximum atomic E-state index is 12.7. The lowest BCUT2D eigenvalue weighted by Crippen LogP contribution is -2.12. The molecule has 100 valence electrons. The highest BCUT2D eigenvalue weighted by Crippen LogP contribution is 2.26. The van der Waals surface area contributed by atoms with Gasteiger partial charge >= 0.3 is 0 Å². The Balaban J connectivity index is 2.35. The fourth-order valence-corrected chi connectivity index (χ4v) is 2.04. The highest BCUT2D eigenvalue weighted by atomic mass is 32.2. The van der Waals surface area contributed by atoms with E-state index in [1.54, 1.807) is 0 Å². The predicted molar refractivity (Wildman–Crippen MR) is 68.7 cm³/mol.